The van der Waals surface area contributed by atoms with Gasteiger partial charge in [0.05, 0.1) is 6.04 Å². The van der Waals surface area contributed by atoms with E-state index in [9.17, 15) is 9.59 Å². The van der Waals surface area contributed by atoms with E-state index >= 15 is 0 Å². The molecule has 1 aliphatic heterocycles. The third-order valence-electron chi connectivity index (χ3n) is 5.53. The quantitative estimate of drug-likeness (QED) is 0.306. The lowest BCUT2D eigenvalue weighted by Gasteiger charge is -2.15. The highest BCUT2D eigenvalue weighted by Gasteiger charge is 2.31. The largest absolute Gasteiger partial charge is 0.457 e. The van der Waals surface area contributed by atoms with Gasteiger partial charge in [-0.1, -0.05) is 18.2 Å². The monoisotopic (exact) mass is 463 g/mol. The predicted molar refractivity (Wildman–Crippen MR) is 125 cm³/mol. The number of hydrogen-bond donors (Lipinski definition) is 4. The number of nitrogens with zero attached hydrogens (tertiary/aromatic N) is 3. The number of nitrogen functional groups attached to an aromatic ring is 1. The van der Waals surface area contributed by atoms with Gasteiger partial charge in [0, 0.05) is 24.7 Å². The van der Waals surface area contributed by atoms with Gasteiger partial charge in [0.25, 0.3) is 5.91 Å². The van der Waals surface area contributed by atoms with Crippen LogP contribution in [-0.2, 0) is 4.79 Å². The van der Waals surface area contributed by atoms with Crippen molar-refractivity contribution in [3.63, 3.8) is 0 Å². The lowest BCUT2D eigenvalue weighted by atomic mass is 10.1. The number of rotatable bonds is 7. The Balaban J connectivity index is 1.57. The minimum Gasteiger partial charge on any atom is -0.457 e. The molecule has 176 valence electrons. The van der Waals surface area contributed by atoms with Gasteiger partial charge in [0.2, 0.25) is 5.91 Å². The van der Waals surface area contributed by atoms with E-state index in [1.807, 2.05) is 30.3 Å². The topological polar surface area (TPSA) is 157 Å². The van der Waals surface area contributed by atoms with Crippen LogP contribution in [0.4, 0.5) is 5.82 Å². The van der Waals surface area contributed by atoms with Gasteiger partial charge in [0.1, 0.15) is 28.6 Å². The van der Waals surface area contributed by atoms with Gasteiger partial charge in [-0.3, -0.25) is 9.59 Å². The molecule has 2 heterocycles. The van der Waals surface area contributed by atoms with Crippen molar-refractivity contribution in [2.24, 2.45) is 5.73 Å². The molecule has 6 N–H and O–H groups in total. The number of para-hydroxylation sites is 1. The van der Waals surface area contributed by atoms with Crippen molar-refractivity contribution in [1.29, 1.82) is 0 Å². The predicted octanol–water partition coefficient (Wildman–Crippen LogP) is 1.66. The molecule has 10 nitrogen and oxygen atoms in total. The summed E-state index contributed by atoms with van der Waals surface area (Å²) in [6, 6.07) is 16.2. The molecule has 0 saturated carbocycles. The first-order valence-corrected chi connectivity index (χ1v) is 10.7. The maximum absolute atomic E-state index is 12.2. The molecule has 34 heavy (non-hydrogen) atoms. The van der Waals surface area contributed by atoms with Crippen LogP contribution in [0.5, 0.6) is 11.5 Å². The summed E-state index contributed by atoms with van der Waals surface area (Å²) in [5.74, 6) is 0.395. The fourth-order valence-corrected chi connectivity index (χ4v) is 3.89. The van der Waals surface area contributed by atoms with Crippen LogP contribution in [0.25, 0.3) is 11.3 Å². The molecule has 0 unspecified atom stereocenters. The van der Waals surface area contributed by atoms with E-state index in [-0.39, 0.29) is 23.3 Å². The highest BCUT2D eigenvalue weighted by Crippen LogP contribution is 2.33. The summed E-state index contributed by atoms with van der Waals surface area (Å²) in [7, 11) is 0. The van der Waals surface area contributed by atoms with Gasteiger partial charge in [0.15, 0.2) is 6.29 Å². The molecule has 1 atom stereocenters. The number of likely N-dealkylation sites (tertiary alicyclic amines) is 1. The number of ether oxygens (including phenoxy) is 1. The molecule has 0 bridgehead atoms. The summed E-state index contributed by atoms with van der Waals surface area (Å²) in [5, 5.41) is 22.4. The van der Waals surface area contributed by atoms with Crippen LogP contribution in [0.3, 0.4) is 0 Å². The van der Waals surface area contributed by atoms with Crippen molar-refractivity contribution >= 4 is 17.6 Å². The maximum atomic E-state index is 12.2. The molecule has 1 saturated heterocycles. The molecule has 3 aromatic rings. The van der Waals surface area contributed by atoms with Crippen LogP contribution in [-0.4, -0.2) is 56.1 Å². The summed E-state index contributed by atoms with van der Waals surface area (Å²) in [5.41, 5.74) is 13.0. The summed E-state index contributed by atoms with van der Waals surface area (Å²) in [4.78, 5) is 26.0. The minimum absolute atomic E-state index is 0.116. The normalized spacial score (nSPS) is 15.9. The van der Waals surface area contributed by atoms with Crippen LogP contribution in [0.15, 0.2) is 66.7 Å². The molecule has 1 fully saturated rings. The van der Waals surface area contributed by atoms with Crippen LogP contribution in [0.2, 0.25) is 0 Å². The second kappa shape index (κ2) is 9.77. The summed E-state index contributed by atoms with van der Waals surface area (Å²) in [6.45, 7) is 0.736. The van der Waals surface area contributed by atoms with Crippen LogP contribution >= 0.6 is 0 Å². The highest BCUT2D eigenvalue weighted by molar-refractivity contribution is 6.03. The maximum Gasteiger partial charge on any atom is 0.254 e. The van der Waals surface area contributed by atoms with E-state index in [0.29, 0.717) is 42.3 Å². The second-order valence-electron chi connectivity index (χ2n) is 7.86. The number of hydrogen-bond acceptors (Lipinski definition) is 7. The van der Waals surface area contributed by atoms with E-state index < -0.39 is 12.2 Å². The Hall–Kier alpha value is -4.15. The number of nitrogens with two attached hydrogens (primary N) is 2. The smallest absolute Gasteiger partial charge is 0.254 e. The lowest BCUT2D eigenvalue weighted by Crippen LogP contribution is -2.28. The Kier molecular flexibility index (Phi) is 6.62. The van der Waals surface area contributed by atoms with Crippen molar-refractivity contribution in [3.8, 4) is 22.8 Å². The lowest BCUT2D eigenvalue weighted by molar-refractivity contribution is -0.125. The molecule has 0 spiro atoms. The molecule has 10 heteroatoms. The van der Waals surface area contributed by atoms with Crippen LogP contribution in [0, 0.1) is 0 Å². The Bertz CT molecular complexity index is 1200. The number of benzene rings is 2. The number of anilines is 1. The summed E-state index contributed by atoms with van der Waals surface area (Å²) in [6.07, 6.45) is 0.967. The SMILES string of the molecule is NC(=O)c1c(-c2ccc(Oc3ccccc3)cc2)nn([C@@H]2CCN(C(=O)/C=C\C(O)O)C2)c1N. The third-order valence-corrected chi connectivity index (χ3v) is 5.53. The Morgan fingerprint density at radius 2 is 1.76 bits per heavy atom. The van der Waals surface area contributed by atoms with Gasteiger partial charge in [-0.2, -0.15) is 5.10 Å². The van der Waals surface area contributed by atoms with E-state index in [4.69, 9.17) is 26.4 Å². The Morgan fingerprint density at radius 3 is 2.41 bits per heavy atom. The average Bonchev–Trinajstić information content (AvgIpc) is 3.43. The molecular formula is C24H25N5O5. The third kappa shape index (κ3) is 4.92. The Labute approximate surface area is 195 Å². The van der Waals surface area contributed by atoms with E-state index in [2.05, 4.69) is 5.10 Å². The van der Waals surface area contributed by atoms with E-state index in [1.54, 1.807) is 29.2 Å². The number of aromatic nitrogens is 2. The van der Waals surface area contributed by atoms with Gasteiger partial charge in [-0.15, -0.1) is 0 Å². The van der Waals surface area contributed by atoms with E-state index in [0.717, 1.165) is 12.2 Å². The fourth-order valence-electron chi connectivity index (χ4n) is 3.89. The minimum atomic E-state index is -1.70. The number of aliphatic hydroxyl groups is 2. The van der Waals surface area contributed by atoms with Crippen molar-refractivity contribution in [3.05, 3.63) is 72.3 Å². The number of amides is 2. The molecule has 2 aromatic carbocycles. The number of aliphatic hydroxyl groups excluding tert-OH is 1. The van der Waals surface area contributed by atoms with Gasteiger partial charge in [-0.25, -0.2) is 4.68 Å². The van der Waals surface area contributed by atoms with Crippen LogP contribution < -0.4 is 16.2 Å². The van der Waals surface area contributed by atoms with Crippen molar-refractivity contribution in [1.82, 2.24) is 14.7 Å². The second-order valence-corrected chi connectivity index (χ2v) is 7.86. The zero-order valence-electron chi connectivity index (χ0n) is 18.2. The summed E-state index contributed by atoms with van der Waals surface area (Å²) >= 11 is 0. The average molecular weight is 463 g/mol. The molecule has 4 rings (SSSR count). The first-order valence-electron chi connectivity index (χ1n) is 10.7. The fraction of sp³-hybridized carbons (Fsp3) is 0.208. The zero-order valence-corrected chi connectivity index (χ0v) is 18.2. The summed E-state index contributed by atoms with van der Waals surface area (Å²) < 4.78 is 7.34. The van der Waals surface area contributed by atoms with Gasteiger partial charge >= 0.3 is 0 Å². The van der Waals surface area contributed by atoms with Crippen molar-refractivity contribution in [2.75, 3.05) is 18.8 Å². The Morgan fingerprint density at radius 1 is 1.09 bits per heavy atom. The van der Waals surface area contributed by atoms with Crippen molar-refractivity contribution in [2.45, 2.75) is 18.8 Å². The first kappa shape index (κ1) is 23.0. The van der Waals surface area contributed by atoms with Crippen LogP contribution in [0.1, 0.15) is 22.8 Å². The number of carbonyl (C=O) groups is 2. The standard InChI is InChI=1S/C24H25N5O5/c25-23-21(24(26)33)22(15-6-8-18(9-7-15)34-17-4-2-1-3-5-17)27-29(23)16-12-13-28(14-16)19(30)10-11-20(31)32/h1-11,16,20,31-32H,12-14,25H2,(H2,26,33)/b11-10-/t16-/m1/s1. The highest BCUT2D eigenvalue weighted by atomic mass is 16.5. The molecule has 1 aliphatic rings. The number of primary amides is 1. The molecule has 0 aliphatic carbocycles. The number of carbonyl (C=O) groups excluding carboxylic acids is 2. The van der Waals surface area contributed by atoms with Crippen molar-refractivity contribution < 1.29 is 24.5 Å². The molecular weight excluding hydrogens is 438 g/mol. The van der Waals surface area contributed by atoms with Gasteiger partial charge < -0.3 is 31.3 Å². The first-order chi connectivity index (χ1) is 16.3. The molecule has 1 aromatic heterocycles. The zero-order chi connectivity index (χ0) is 24.2. The van der Waals surface area contributed by atoms with E-state index in [1.165, 1.54) is 4.68 Å². The molecule has 2 amide bonds. The molecule has 0 radical (unpaired) electrons. The van der Waals surface area contributed by atoms with Gasteiger partial charge in [-0.05, 0) is 48.9 Å².